The molecule has 98 valence electrons. The quantitative estimate of drug-likeness (QED) is 0.806. The first-order valence-corrected chi connectivity index (χ1v) is 6.95. The van der Waals surface area contributed by atoms with Gasteiger partial charge in [0, 0.05) is 31.0 Å². The fourth-order valence-electron chi connectivity index (χ4n) is 2.66. The molecule has 19 heavy (non-hydrogen) atoms. The first-order chi connectivity index (χ1) is 9.15. The molecule has 2 aromatic rings. The standard InChI is InChI=1S/C17H20N2/c1-12(2)14-6-8-18-16(10-14)15-5-4-13-7-9-19(3)17(13)11-15/h4-6,8,10-12H,7,9H2,1-3H3. The second kappa shape index (κ2) is 4.69. The molecule has 0 fully saturated rings. The van der Waals surface area contributed by atoms with E-state index in [0.717, 1.165) is 18.7 Å². The molecule has 2 nitrogen and oxygen atoms in total. The van der Waals surface area contributed by atoms with Gasteiger partial charge in [0.2, 0.25) is 0 Å². The van der Waals surface area contributed by atoms with Gasteiger partial charge in [-0.25, -0.2) is 0 Å². The Morgan fingerprint density at radius 3 is 2.79 bits per heavy atom. The van der Waals surface area contributed by atoms with Crippen LogP contribution in [0.1, 0.15) is 30.9 Å². The summed E-state index contributed by atoms with van der Waals surface area (Å²) >= 11 is 0. The Bertz CT molecular complexity index is 602. The number of anilines is 1. The molecule has 0 radical (unpaired) electrons. The van der Waals surface area contributed by atoms with Crippen LogP contribution in [-0.4, -0.2) is 18.6 Å². The van der Waals surface area contributed by atoms with Gasteiger partial charge in [0.05, 0.1) is 5.69 Å². The molecule has 0 atom stereocenters. The van der Waals surface area contributed by atoms with Crippen molar-refractivity contribution in [3.8, 4) is 11.3 Å². The molecule has 0 saturated heterocycles. The predicted octanol–water partition coefficient (Wildman–Crippen LogP) is 3.86. The highest BCUT2D eigenvalue weighted by Crippen LogP contribution is 2.31. The van der Waals surface area contributed by atoms with Crippen molar-refractivity contribution in [3.05, 3.63) is 47.7 Å². The third-order valence-electron chi connectivity index (χ3n) is 3.96. The fourth-order valence-corrected chi connectivity index (χ4v) is 2.66. The van der Waals surface area contributed by atoms with Gasteiger partial charge in [-0.05, 0) is 41.7 Å². The van der Waals surface area contributed by atoms with E-state index in [1.807, 2.05) is 6.20 Å². The van der Waals surface area contributed by atoms with Crippen LogP contribution in [0.25, 0.3) is 11.3 Å². The topological polar surface area (TPSA) is 16.1 Å². The summed E-state index contributed by atoms with van der Waals surface area (Å²) in [7, 11) is 2.16. The number of aromatic nitrogens is 1. The number of hydrogen-bond donors (Lipinski definition) is 0. The van der Waals surface area contributed by atoms with Crippen LogP contribution in [0.15, 0.2) is 36.5 Å². The van der Waals surface area contributed by atoms with Crippen molar-refractivity contribution in [2.45, 2.75) is 26.2 Å². The largest absolute Gasteiger partial charge is 0.374 e. The Hall–Kier alpha value is -1.83. The van der Waals surface area contributed by atoms with E-state index >= 15 is 0 Å². The van der Waals surface area contributed by atoms with Gasteiger partial charge in [0.1, 0.15) is 0 Å². The highest BCUT2D eigenvalue weighted by atomic mass is 15.1. The Balaban J connectivity index is 2.03. The third kappa shape index (κ3) is 2.23. The van der Waals surface area contributed by atoms with Crippen molar-refractivity contribution in [3.63, 3.8) is 0 Å². The van der Waals surface area contributed by atoms with Crippen LogP contribution in [0.4, 0.5) is 5.69 Å². The van der Waals surface area contributed by atoms with E-state index in [2.05, 4.69) is 61.1 Å². The average Bonchev–Trinajstić information content (AvgIpc) is 2.80. The van der Waals surface area contributed by atoms with E-state index in [9.17, 15) is 0 Å². The van der Waals surface area contributed by atoms with Gasteiger partial charge < -0.3 is 4.90 Å². The van der Waals surface area contributed by atoms with Crippen LogP contribution in [0.5, 0.6) is 0 Å². The molecule has 3 rings (SSSR count). The summed E-state index contributed by atoms with van der Waals surface area (Å²) in [5.74, 6) is 0.541. The summed E-state index contributed by atoms with van der Waals surface area (Å²) in [4.78, 5) is 6.85. The van der Waals surface area contributed by atoms with Crippen LogP contribution in [0, 0.1) is 0 Å². The monoisotopic (exact) mass is 252 g/mol. The smallest absolute Gasteiger partial charge is 0.0705 e. The molecule has 0 unspecified atom stereocenters. The van der Waals surface area contributed by atoms with Crippen LogP contribution < -0.4 is 4.90 Å². The fraction of sp³-hybridized carbons (Fsp3) is 0.353. The zero-order chi connectivity index (χ0) is 13.4. The van der Waals surface area contributed by atoms with E-state index in [0.29, 0.717) is 5.92 Å². The van der Waals surface area contributed by atoms with Gasteiger partial charge in [0.25, 0.3) is 0 Å². The zero-order valence-corrected chi connectivity index (χ0v) is 11.9. The van der Waals surface area contributed by atoms with Crippen molar-refractivity contribution < 1.29 is 0 Å². The molecule has 0 bridgehead atoms. The van der Waals surface area contributed by atoms with Gasteiger partial charge in [-0.3, -0.25) is 4.98 Å². The molecule has 0 saturated carbocycles. The lowest BCUT2D eigenvalue weighted by atomic mass is 10.0. The second-order valence-electron chi connectivity index (χ2n) is 5.64. The lowest BCUT2D eigenvalue weighted by Gasteiger charge is -2.13. The minimum absolute atomic E-state index is 0.541. The number of pyridine rings is 1. The van der Waals surface area contributed by atoms with Gasteiger partial charge >= 0.3 is 0 Å². The lowest BCUT2D eigenvalue weighted by molar-refractivity contribution is 0.864. The van der Waals surface area contributed by atoms with Crippen molar-refractivity contribution in [2.24, 2.45) is 0 Å². The summed E-state index contributed by atoms with van der Waals surface area (Å²) < 4.78 is 0. The molecule has 2 heteroatoms. The Kier molecular flexibility index (Phi) is 3.02. The number of hydrogen-bond acceptors (Lipinski definition) is 2. The van der Waals surface area contributed by atoms with E-state index in [1.54, 1.807) is 0 Å². The van der Waals surface area contributed by atoms with E-state index in [4.69, 9.17) is 0 Å². The maximum atomic E-state index is 4.52. The summed E-state index contributed by atoms with van der Waals surface area (Å²) in [6, 6.07) is 11.0. The van der Waals surface area contributed by atoms with Crippen molar-refractivity contribution >= 4 is 5.69 Å². The third-order valence-corrected chi connectivity index (χ3v) is 3.96. The Morgan fingerprint density at radius 1 is 1.16 bits per heavy atom. The Labute approximate surface area is 115 Å². The van der Waals surface area contributed by atoms with Crippen molar-refractivity contribution in [1.29, 1.82) is 0 Å². The van der Waals surface area contributed by atoms with Crippen LogP contribution in [0.3, 0.4) is 0 Å². The van der Waals surface area contributed by atoms with Gasteiger partial charge in [-0.2, -0.15) is 0 Å². The average molecular weight is 252 g/mol. The molecule has 0 N–H and O–H groups in total. The maximum absolute atomic E-state index is 4.52. The molecule has 0 spiro atoms. The number of likely N-dealkylation sites (N-methyl/N-ethyl adjacent to an activating group) is 1. The molecule has 1 aromatic carbocycles. The first kappa shape index (κ1) is 12.2. The van der Waals surface area contributed by atoms with Crippen LogP contribution in [-0.2, 0) is 6.42 Å². The molecule has 1 aliphatic heterocycles. The molecule has 1 aliphatic rings. The normalized spacial score (nSPS) is 14.0. The number of nitrogens with zero attached hydrogens (tertiary/aromatic N) is 2. The Morgan fingerprint density at radius 2 is 2.00 bits per heavy atom. The number of rotatable bonds is 2. The predicted molar refractivity (Wildman–Crippen MR) is 80.7 cm³/mol. The van der Waals surface area contributed by atoms with Gasteiger partial charge in [-0.1, -0.05) is 26.0 Å². The summed E-state index contributed by atoms with van der Waals surface area (Å²) in [5.41, 5.74) is 6.45. The van der Waals surface area contributed by atoms with Crippen molar-refractivity contribution in [2.75, 3.05) is 18.5 Å². The summed E-state index contributed by atoms with van der Waals surface area (Å²) in [5, 5.41) is 0. The molecule has 0 aliphatic carbocycles. The van der Waals surface area contributed by atoms with Gasteiger partial charge in [-0.15, -0.1) is 0 Å². The van der Waals surface area contributed by atoms with E-state index < -0.39 is 0 Å². The SMILES string of the molecule is CC(C)c1ccnc(-c2ccc3c(c2)N(C)CC3)c1. The van der Waals surface area contributed by atoms with Crippen LogP contribution >= 0.6 is 0 Å². The lowest BCUT2D eigenvalue weighted by Crippen LogP contribution is -2.12. The van der Waals surface area contributed by atoms with E-state index in [1.165, 1.54) is 22.4 Å². The zero-order valence-electron chi connectivity index (χ0n) is 11.9. The van der Waals surface area contributed by atoms with E-state index in [-0.39, 0.29) is 0 Å². The minimum atomic E-state index is 0.541. The number of benzene rings is 1. The summed E-state index contributed by atoms with van der Waals surface area (Å²) in [6.45, 7) is 5.56. The minimum Gasteiger partial charge on any atom is -0.374 e. The highest BCUT2D eigenvalue weighted by molar-refractivity contribution is 5.70. The van der Waals surface area contributed by atoms with Crippen molar-refractivity contribution in [1.82, 2.24) is 4.98 Å². The molecule has 2 heterocycles. The first-order valence-electron chi connectivity index (χ1n) is 6.95. The highest BCUT2D eigenvalue weighted by Gasteiger charge is 2.16. The second-order valence-corrected chi connectivity index (χ2v) is 5.64. The van der Waals surface area contributed by atoms with Crippen LogP contribution in [0.2, 0.25) is 0 Å². The molecule has 0 amide bonds. The number of fused-ring (bicyclic) bond motifs is 1. The molecular weight excluding hydrogens is 232 g/mol. The maximum Gasteiger partial charge on any atom is 0.0705 e. The summed E-state index contributed by atoms with van der Waals surface area (Å²) in [6.07, 6.45) is 3.08. The molecule has 1 aromatic heterocycles. The van der Waals surface area contributed by atoms with Gasteiger partial charge in [0.15, 0.2) is 0 Å². The molecular formula is C17H20N2.